The number of nitrogens with zero attached hydrogens (tertiary/aromatic N) is 2. The van der Waals surface area contributed by atoms with Crippen LogP contribution >= 0.6 is 0 Å². The van der Waals surface area contributed by atoms with E-state index in [0.29, 0.717) is 36.6 Å². The number of carbonyl (C=O) groups excluding carboxylic acids is 4. The highest BCUT2D eigenvalue weighted by atomic mass is 16.6. The monoisotopic (exact) mass is 545 g/mol. The van der Waals surface area contributed by atoms with Crippen molar-refractivity contribution in [1.29, 1.82) is 0 Å². The highest BCUT2D eigenvalue weighted by Crippen LogP contribution is 2.45. The number of hydrogen-bond acceptors (Lipinski definition) is 6. The average Bonchev–Trinajstić information content (AvgIpc) is 3.49. The van der Waals surface area contributed by atoms with Gasteiger partial charge < -0.3 is 19.7 Å². The summed E-state index contributed by atoms with van der Waals surface area (Å²) in [5, 5.41) is 2.92. The van der Waals surface area contributed by atoms with Gasteiger partial charge in [0.15, 0.2) is 0 Å². The van der Waals surface area contributed by atoms with Crippen LogP contribution in [-0.2, 0) is 37.6 Å². The number of aryl methyl sites for hydroxylation is 1. The molecule has 1 N–H and O–H groups in total. The standard InChI is InChI=1S/C31H35N3O6/c1-20(22-9-10-22)33(18-21-6-3-2-4-7-21)27(35)19-34-29(37)31(40-30(34)38)14-13-23-16-24(11-12-26(23)31)28(36)32-17-25-8-5-15-39-25/h2-4,6-7,11-12,16,20,22,25H,5,8-10,13-15,17-19H2,1H3,(H,32,36)/t20-,25?,31+/m0/s1. The number of fused-ring (bicyclic) bond motifs is 2. The molecule has 2 heterocycles. The molecule has 0 aromatic heterocycles. The Labute approximate surface area is 233 Å². The lowest BCUT2D eigenvalue weighted by molar-refractivity contribution is -0.143. The van der Waals surface area contributed by atoms with Gasteiger partial charge in [-0.25, -0.2) is 9.69 Å². The Morgan fingerprint density at radius 3 is 2.65 bits per heavy atom. The van der Waals surface area contributed by atoms with Crippen LogP contribution in [0.3, 0.4) is 0 Å². The summed E-state index contributed by atoms with van der Waals surface area (Å²) >= 11 is 0. The minimum atomic E-state index is -1.45. The van der Waals surface area contributed by atoms with Crippen molar-refractivity contribution >= 4 is 23.8 Å². The van der Waals surface area contributed by atoms with Gasteiger partial charge >= 0.3 is 6.09 Å². The highest BCUT2D eigenvalue weighted by Gasteiger charge is 2.58. The largest absolute Gasteiger partial charge is 0.427 e. The Morgan fingerprint density at radius 2 is 1.93 bits per heavy atom. The third-order valence-electron chi connectivity index (χ3n) is 8.74. The summed E-state index contributed by atoms with van der Waals surface area (Å²) in [5.41, 5.74) is 1.42. The van der Waals surface area contributed by atoms with E-state index in [1.165, 1.54) is 0 Å². The number of rotatable bonds is 9. The predicted octanol–water partition coefficient (Wildman–Crippen LogP) is 3.54. The summed E-state index contributed by atoms with van der Waals surface area (Å²) in [4.78, 5) is 55.8. The number of nitrogens with one attached hydrogen (secondary N) is 1. The fourth-order valence-corrected chi connectivity index (χ4v) is 6.21. The maximum Gasteiger partial charge on any atom is 0.418 e. The molecule has 4 aliphatic rings. The van der Waals surface area contributed by atoms with Crippen LogP contribution in [0.1, 0.15) is 66.1 Å². The topological polar surface area (TPSA) is 105 Å². The molecule has 210 valence electrons. The Kier molecular flexibility index (Phi) is 7.08. The van der Waals surface area contributed by atoms with Crippen LogP contribution in [0, 0.1) is 5.92 Å². The molecule has 9 nitrogen and oxygen atoms in total. The number of carbonyl (C=O) groups is 4. The van der Waals surface area contributed by atoms with Gasteiger partial charge in [-0.3, -0.25) is 14.4 Å². The van der Waals surface area contributed by atoms with Crippen molar-refractivity contribution in [3.8, 4) is 0 Å². The minimum Gasteiger partial charge on any atom is -0.427 e. The van der Waals surface area contributed by atoms with Crippen LogP contribution in [0.5, 0.6) is 0 Å². The highest BCUT2D eigenvalue weighted by molar-refractivity contribution is 6.06. The SMILES string of the molecule is C[C@@H](C1CC1)N(Cc1ccccc1)C(=O)CN1C(=O)O[C@@]2(CCc3cc(C(=O)NCC4CCCO4)ccc32)C1=O. The fourth-order valence-electron chi connectivity index (χ4n) is 6.21. The molecule has 1 spiro atoms. The lowest BCUT2D eigenvalue weighted by Gasteiger charge is -2.30. The molecule has 1 unspecified atom stereocenters. The van der Waals surface area contributed by atoms with Gasteiger partial charge in [-0.2, -0.15) is 0 Å². The zero-order valence-corrected chi connectivity index (χ0v) is 22.8. The van der Waals surface area contributed by atoms with Crippen LogP contribution in [-0.4, -0.2) is 65.5 Å². The minimum absolute atomic E-state index is 0.00685. The maximum absolute atomic E-state index is 13.7. The van der Waals surface area contributed by atoms with Gasteiger partial charge in [0, 0.05) is 43.3 Å². The number of hydrogen-bond donors (Lipinski definition) is 1. The summed E-state index contributed by atoms with van der Waals surface area (Å²) in [6.07, 6.45) is 4.08. The van der Waals surface area contributed by atoms with Gasteiger partial charge in [0.25, 0.3) is 11.8 Å². The maximum atomic E-state index is 13.7. The summed E-state index contributed by atoms with van der Waals surface area (Å²) < 4.78 is 11.3. The summed E-state index contributed by atoms with van der Waals surface area (Å²) in [6.45, 7) is 3.27. The predicted molar refractivity (Wildman–Crippen MR) is 145 cm³/mol. The second-order valence-corrected chi connectivity index (χ2v) is 11.4. The molecule has 3 fully saturated rings. The number of imide groups is 1. The molecule has 6 rings (SSSR count). The van der Waals surface area contributed by atoms with E-state index in [4.69, 9.17) is 9.47 Å². The van der Waals surface area contributed by atoms with Crippen molar-refractivity contribution in [2.75, 3.05) is 19.7 Å². The van der Waals surface area contributed by atoms with E-state index in [1.54, 1.807) is 23.1 Å². The molecule has 0 radical (unpaired) electrons. The van der Waals surface area contributed by atoms with E-state index >= 15 is 0 Å². The van der Waals surface area contributed by atoms with Gasteiger partial charge in [0.2, 0.25) is 11.5 Å². The zero-order valence-electron chi connectivity index (χ0n) is 22.8. The van der Waals surface area contributed by atoms with Crippen molar-refractivity contribution in [2.45, 2.75) is 69.7 Å². The van der Waals surface area contributed by atoms with Crippen LogP contribution in [0.25, 0.3) is 0 Å². The molecule has 2 aromatic rings. The Bertz CT molecular complexity index is 1320. The number of benzene rings is 2. The fraction of sp³-hybridized carbons (Fsp3) is 0.484. The molecule has 1 saturated carbocycles. The van der Waals surface area contributed by atoms with E-state index in [-0.39, 0.29) is 36.9 Å². The second-order valence-electron chi connectivity index (χ2n) is 11.4. The van der Waals surface area contributed by atoms with E-state index < -0.39 is 17.6 Å². The van der Waals surface area contributed by atoms with Crippen LogP contribution in [0.2, 0.25) is 0 Å². The van der Waals surface area contributed by atoms with Crippen molar-refractivity contribution < 1.29 is 28.7 Å². The van der Waals surface area contributed by atoms with E-state index in [1.807, 2.05) is 37.3 Å². The first-order valence-corrected chi connectivity index (χ1v) is 14.3. The van der Waals surface area contributed by atoms with Crippen molar-refractivity contribution in [3.63, 3.8) is 0 Å². The molecular weight excluding hydrogens is 510 g/mol. The number of ether oxygens (including phenoxy) is 2. The van der Waals surface area contributed by atoms with Crippen LogP contribution in [0.4, 0.5) is 4.79 Å². The second kappa shape index (κ2) is 10.7. The van der Waals surface area contributed by atoms with Crippen LogP contribution < -0.4 is 5.32 Å². The molecule has 40 heavy (non-hydrogen) atoms. The lowest BCUT2D eigenvalue weighted by atomic mass is 9.94. The summed E-state index contributed by atoms with van der Waals surface area (Å²) in [6, 6.07) is 14.9. The van der Waals surface area contributed by atoms with Gasteiger partial charge in [-0.1, -0.05) is 36.4 Å². The Morgan fingerprint density at radius 1 is 1.12 bits per heavy atom. The Balaban J connectivity index is 1.16. The first-order valence-electron chi connectivity index (χ1n) is 14.3. The molecule has 2 aliphatic carbocycles. The third-order valence-corrected chi connectivity index (χ3v) is 8.74. The van der Waals surface area contributed by atoms with Gasteiger partial charge in [-0.15, -0.1) is 0 Å². The first-order chi connectivity index (χ1) is 19.4. The Hall–Kier alpha value is -3.72. The van der Waals surface area contributed by atoms with Crippen molar-refractivity contribution in [3.05, 3.63) is 70.8 Å². The molecular formula is C31H35N3O6. The quantitative estimate of drug-likeness (QED) is 0.517. The average molecular weight is 546 g/mol. The number of amides is 4. The lowest BCUT2D eigenvalue weighted by Crippen LogP contribution is -2.47. The molecule has 2 saturated heterocycles. The van der Waals surface area contributed by atoms with Gasteiger partial charge in [0.1, 0.15) is 6.54 Å². The normalized spacial score (nSPS) is 24.2. The molecule has 2 aliphatic heterocycles. The van der Waals surface area contributed by atoms with Crippen molar-refractivity contribution in [2.24, 2.45) is 5.92 Å². The first kappa shape index (κ1) is 26.5. The molecule has 4 amide bonds. The molecule has 9 heteroatoms. The van der Waals surface area contributed by atoms with Gasteiger partial charge in [0.05, 0.1) is 6.10 Å². The zero-order chi connectivity index (χ0) is 27.9. The summed E-state index contributed by atoms with van der Waals surface area (Å²) in [5.74, 6) is -0.565. The van der Waals surface area contributed by atoms with Crippen molar-refractivity contribution in [1.82, 2.24) is 15.1 Å². The van der Waals surface area contributed by atoms with Crippen LogP contribution in [0.15, 0.2) is 48.5 Å². The summed E-state index contributed by atoms with van der Waals surface area (Å²) in [7, 11) is 0. The van der Waals surface area contributed by atoms with E-state index in [2.05, 4.69) is 5.32 Å². The van der Waals surface area contributed by atoms with E-state index in [9.17, 15) is 19.2 Å². The molecule has 0 bridgehead atoms. The molecule has 2 aromatic carbocycles. The third kappa shape index (κ3) is 4.98. The molecule has 3 atom stereocenters. The smallest absolute Gasteiger partial charge is 0.418 e. The van der Waals surface area contributed by atoms with Gasteiger partial charge in [-0.05, 0) is 68.2 Å². The van der Waals surface area contributed by atoms with E-state index in [0.717, 1.165) is 48.3 Å².